The zero-order valence-corrected chi connectivity index (χ0v) is 23.5. The van der Waals surface area contributed by atoms with Crippen molar-refractivity contribution in [3.8, 4) is 11.5 Å². The van der Waals surface area contributed by atoms with Gasteiger partial charge in [0, 0.05) is 28.7 Å². The van der Waals surface area contributed by atoms with Gasteiger partial charge in [0.15, 0.2) is 11.5 Å². The Kier molecular flexibility index (Phi) is 9.55. The molecule has 37 heavy (non-hydrogen) atoms. The number of carbonyl (C=O) groups is 2. The topological polar surface area (TPSA) is 105 Å². The van der Waals surface area contributed by atoms with Crippen LogP contribution in [0, 0.1) is 0 Å². The van der Waals surface area contributed by atoms with Crippen molar-refractivity contribution in [2.45, 2.75) is 52.2 Å². The molecule has 0 unspecified atom stereocenters. The Labute approximate surface area is 227 Å². The molecule has 2 atom stereocenters. The number of hydrogen-bond donors (Lipinski definition) is 1. The fourth-order valence-corrected chi connectivity index (χ4v) is 5.16. The fourth-order valence-electron chi connectivity index (χ4n) is 3.85. The highest BCUT2D eigenvalue weighted by atomic mass is 35.5. The second kappa shape index (κ2) is 12.2. The van der Waals surface area contributed by atoms with E-state index < -0.39 is 28.5 Å². The summed E-state index contributed by atoms with van der Waals surface area (Å²) in [5, 5.41) is 3.68. The van der Waals surface area contributed by atoms with Crippen LogP contribution in [0.2, 0.25) is 10.0 Å². The molecule has 0 spiro atoms. The van der Waals surface area contributed by atoms with Gasteiger partial charge in [-0.05, 0) is 49.6 Å². The SMILES string of the molecule is CC[C@H](C)NC(=O)[C@H](CC)N(Cc1ccc(Cl)cc1Cl)C(=O)CN(c1ccc2c(c1)OCO2)S(C)(=O)=O. The number of nitrogens with zero attached hydrogens (tertiary/aromatic N) is 2. The number of benzene rings is 2. The van der Waals surface area contributed by atoms with E-state index in [1.54, 1.807) is 31.2 Å². The van der Waals surface area contributed by atoms with E-state index in [-0.39, 0.29) is 31.0 Å². The minimum Gasteiger partial charge on any atom is -0.454 e. The maximum Gasteiger partial charge on any atom is 0.244 e. The van der Waals surface area contributed by atoms with Crippen molar-refractivity contribution < 1.29 is 27.5 Å². The zero-order chi connectivity index (χ0) is 27.3. The van der Waals surface area contributed by atoms with Crippen LogP contribution in [-0.2, 0) is 26.2 Å². The van der Waals surface area contributed by atoms with Gasteiger partial charge in [-0.2, -0.15) is 0 Å². The Bertz CT molecular complexity index is 1260. The van der Waals surface area contributed by atoms with Crippen LogP contribution in [0.1, 0.15) is 39.2 Å². The maximum atomic E-state index is 13.8. The Morgan fingerprint density at radius 2 is 1.76 bits per heavy atom. The predicted molar refractivity (Wildman–Crippen MR) is 144 cm³/mol. The lowest BCUT2D eigenvalue weighted by Gasteiger charge is -2.33. The number of hydrogen-bond acceptors (Lipinski definition) is 6. The monoisotopic (exact) mass is 571 g/mol. The number of sulfonamides is 1. The quantitative estimate of drug-likeness (QED) is 0.433. The molecule has 0 radical (unpaired) electrons. The van der Waals surface area contributed by atoms with E-state index in [2.05, 4.69) is 5.32 Å². The number of nitrogens with one attached hydrogen (secondary N) is 1. The first-order chi connectivity index (χ1) is 17.4. The summed E-state index contributed by atoms with van der Waals surface area (Å²) in [6.07, 6.45) is 2.03. The molecule has 0 saturated heterocycles. The largest absolute Gasteiger partial charge is 0.454 e. The zero-order valence-electron chi connectivity index (χ0n) is 21.2. The average Bonchev–Trinajstić information content (AvgIpc) is 3.30. The van der Waals surface area contributed by atoms with E-state index in [0.29, 0.717) is 39.9 Å². The summed E-state index contributed by atoms with van der Waals surface area (Å²) >= 11 is 12.4. The predicted octanol–water partition coefficient (Wildman–Crippen LogP) is 4.21. The van der Waals surface area contributed by atoms with Crippen molar-refractivity contribution in [3.05, 3.63) is 52.0 Å². The number of anilines is 1. The standard InChI is InChI=1S/C25H31Cl2N3O6S/c1-5-16(3)28-25(32)21(6-2)29(13-17-7-8-18(26)11-20(17)27)24(31)14-30(37(4,33)34)19-9-10-22-23(12-19)36-15-35-22/h7-12,16,21H,5-6,13-15H2,1-4H3,(H,28,32)/t16-,21-/m0/s1. The number of amides is 2. The summed E-state index contributed by atoms with van der Waals surface area (Å²) in [7, 11) is -3.88. The van der Waals surface area contributed by atoms with Crippen molar-refractivity contribution in [2.24, 2.45) is 0 Å². The summed E-state index contributed by atoms with van der Waals surface area (Å²) in [6, 6.07) is 8.54. The van der Waals surface area contributed by atoms with Crippen LogP contribution in [0.3, 0.4) is 0 Å². The number of fused-ring (bicyclic) bond motifs is 1. The lowest BCUT2D eigenvalue weighted by molar-refractivity contribution is -0.140. The third-order valence-corrected chi connectivity index (χ3v) is 7.79. The van der Waals surface area contributed by atoms with Gasteiger partial charge in [0.2, 0.25) is 28.6 Å². The van der Waals surface area contributed by atoms with Crippen LogP contribution in [-0.4, -0.2) is 56.8 Å². The second-order valence-electron chi connectivity index (χ2n) is 8.81. The molecule has 2 aromatic carbocycles. The Morgan fingerprint density at radius 1 is 1.05 bits per heavy atom. The van der Waals surface area contributed by atoms with Gasteiger partial charge in [-0.1, -0.05) is 43.1 Å². The fraction of sp³-hybridized carbons (Fsp3) is 0.440. The normalized spacial score (nSPS) is 14.1. The van der Waals surface area contributed by atoms with Crippen molar-refractivity contribution in [2.75, 3.05) is 23.9 Å². The molecule has 0 aromatic heterocycles. The molecule has 0 bridgehead atoms. The van der Waals surface area contributed by atoms with Crippen LogP contribution in [0.25, 0.3) is 0 Å². The first kappa shape index (κ1) is 28.9. The van der Waals surface area contributed by atoms with Gasteiger partial charge < -0.3 is 19.7 Å². The van der Waals surface area contributed by atoms with Crippen LogP contribution in [0.4, 0.5) is 5.69 Å². The number of ether oxygens (including phenoxy) is 2. The third kappa shape index (κ3) is 7.21. The molecule has 1 aliphatic heterocycles. The molecule has 2 amide bonds. The van der Waals surface area contributed by atoms with Gasteiger partial charge in [0.25, 0.3) is 0 Å². The van der Waals surface area contributed by atoms with Crippen LogP contribution >= 0.6 is 23.2 Å². The molecule has 2 aromatic rings. The third-order valence-electron chi connectivity index (χ3n) is 6.07. The molecule has 1 aliphatic rings. The molecule has 9 nitrogen and oxygen atoms in total. The highest BCUT2D eigenvalue weighted by Crippen LogP contribution is 2.36. The molecule has 1 heterocycles. The second-order valence-corrected chi connectivity index (χ2v) is 11.6. The average molecular weight is 573 g/mol. The van der Waals surface area contributed by atoms with Gasteiger partial charge in [-0.3, -0.25) is 13.9 Å². The van der Waals surface area contributed by atoms with E-state index in [1.807, 2.05) is 13.8 Å². The lowest BCUT2D eigenvalue weighted by atomic mass is 10.1. The molecule has 0 fully saturated rings. The first-order valence-corrected chi connectivity index (χ1v) is 14.5. The highest BCUT2D eigenvalue weighted by Gasteiger charge is 2.33. The lowest BCUT2D eigenvalue weighted by Crippen LogP contribution is -2.53. The number of carbonyl (C=O) groups excluding carboxylic acids is 2. The molecule has 0 saturated carbocycles. The van der Waals surface area contributed by atoms with E-state index in [0.717, 1.165) is 10.6 Å². The van der Waals surface area contributed by atoms with Gasteiger partial charge in [-0.15, -0.1) is 0 Å². The molecule has 1 N–H and O–H groups in total. The van der Waals surface area contributed by atoms with Gasteiger partial charge in [-0.25, -0.2) is 8.42 Å². The van der Waals surface area contributed by atoms with Crippen molar-refractivity contribution in [1.82, 2.24) is 10.2 Å². The number of halogens is 2. The first-order valence-electron chi connectivity index (χ1n) is 11.9. The Hall–Kier alpha value is -2.69. The molecule has 3 rings (SSSR count). The minimum atomic E-state index is -3.88. The molecule has 202 valence electrons. The van der Waals surface area contributed by atoms with E-state index in [4.69, 9.17) is 32.7 Å². The Morgan fingerprint density at radius 3 is 2.38 bits per heavy atom. The molecule has 12 heteroatoms. The van der Waals surface area contributed by atoms with E-state index in [1.165, 1.54) is 17.0 Å². The smallest absolute Gasteiger partial charge is 0.244 e. The molecule has 0 aliphatic carbocycles. The summed E-state index contributed by atoms with van der Waals surface area (Å²) in [6.45, 7) is 5.08. The van der Waals surface area contributed by atoms with Crippen LogP contribution in [0.15, 0.2) is 36.4 Å². The summed E-state index contributed by atoms with van der Waals surface area (Å²) in [5.74, 6) is -0.0393. The highest BCUT2D eigenvalue weighted by molar-refractivity contribution is 7.92. The van der Waals surface area contributed by atoms with Gasteiger partial charge in [0.1, 0.15) is 12.6 Å². The summed E-state index contributed by atoms with van der Waals surface area (Å²) in [5.41, 5.74) is 0.810. The van der Waals surface area contributed by atoms with Gasteiger partial charge >= 0.3 is 0 Å². The van der Waals surface area contributed by atoms with Crippen molar-refractivity contribution in [3.63, 3.8) is 0 Å². The minimum absolute atomic E-state index is 0.0139. The van der Waals surface area contributed by atoms with Crippen LogP contribution in [0.5, 0.6) is 11.5 Å². The van der Waals surface area contributed by atoms with Crippen molar-refractivity contribution >= 4 is 50.7 Å². The summed E-state index contributed by atoms with van der Waals surface area (Å²) in [4.78, 5) is 28.3. The van der Waals surface area contributed by atoms with E-state index in [9.17, 15) is 18.0 Å². The van der Waals surface area contributed by atoms with Crippen molar-refractivity contribution in [1.29, 1.82) is 0 Å². The van der Waals surface area contributed by atoms with Crippen LogP contribution < -0.4 is 19.1 Å². The molecular formula is C25H31Cl2N3O6S. The van der Waals surface area contributed by atoms with E-state index >= 15 is 0 Å². The number of rotatable bonds is 11. The maximum absolute atomic E-state index is 13.8. The Balaban J connectivity index is 1.97. The summed E-state index contributed by atoms with van der Waals surface area (Å²) < 4.78 is 37.2. The molecular weight excluding hydrogens is 541 g/mol. The van der Waals surface area contributed by atoms with Gasteiger partial charge in [0.05, 0.1) is 11.9 Å².